The minimum atomic E-state index is -0.866. The van der Waals surface area contributed by atoms with E-state index in [1.807, 2.05) is 0 Å². The third kappa shape index (κ3) is 3.90. The van der Waals surface area contributed by atoms with Crippen molar-refractivity contribution < 1.29 is 9.72 Å². The molecular formula is C4H6ClNO3. The predicted molar refractivity (Wildman–Crippen MR) is 31.9 cm³/mol. The summed E-state index contributed by atoms with van der Waals surface area (Å²) in [6.07, 6.45) is -0.200. The third-order valence-corrected chi connectivity index (χ3v) is 0.970. The molecule has 0 radical (unpaired) electrons. The highest BCUT2D eigenvalue weighted by Crippen LogP contribution is 1.98. The summed E-state index contributed by atoms with van der Waals surface area (Å²) >= 11 is 4.87. The van der Waals surface area contributed by atoms with Crippen LogP contribution in [-0.2, 0) is 4.79 Å². The molecule has 4 nitrogen and oxygen atoms in total. The molecule has 52 valence electrons. The fourth-order valence-corrected chi connectivity index (χ4v) is 0.530. The van der Waals surface area contributed by atoms with Gasteiger partial charge in [0.15, 0.2) is 0 Å². The number of carbonyl (C=O) groups is 1. The van der Waals surface area contributed by atoms with Gasteiger partial charge in [-0.2, -0.15) is 0 Å². The lowest BCUT2D eigenvalue weighted by atomic mass is 10.3. The van der Waals surface area contributed by atoms with Gasteiger partial charge in [0, 0.05) is 11.8 Å². The number of hydrogen-bond acceptors (Lipinski definition) is 3. The van der Waals surface area contributed by atoms with Crippen molar-refractivity contribution in [3.05, 3.63) is 10.1 Å². The lowest BCUT2D eigenvalue weighted by Crippen LogP contribution is -2.16. The normalized spacial score (nSPS) is 12.7. The zero-order chi connectivity index (χ0) is 7.44. The first-order chi connectivity index (χ1) is 4.04. The SMILES string of the molecule is CC(CC(=O)Cl)[N+](=O)[O-]. The van der Waals surface area contributed by atoms with E-state index in [4.69, 9.17) is 11.6 Å². The van der Waals surface area contributed by atoms with Gasteiger partial charge in [0.25, 0.3) is 0 Å². The van der Waals surface area contributed by atoms with Crippen LogP contribution < -0.4 is 0 Å². The average molecular weight is 152 g/mol. The van der Waals surface area contributed by atoms with E-state index < -0.39 is 16.2 Å². The molecule has 0 N–H and O–H groups in total. The van der Waals surface area contributed by atoms with Gasteiger partial charge in [-0.1, -0.05) is 0 Å². The largest absolute Gasteiger partial charge is 0.281 e. The maximum atomic E-state index is 10.0. The highest BCUT2D eigenvalue weighted by Gasteiger charge is 2.15. The lowest BCUT2D eigenvalue weighted by Gasteiger charge is -1.96. The van der Waals surface area contributed by atoms with Crippen LogP contribution in [0.4, 0.5) is 0 Å². The van der Waals surface area contributed by atoms with Gasteiger partial charge in [-0.05, 0) is 11.6 Å². The van der Waals surface area contributed by atoms with E-state index >= 15 is 0 Å². The van der Waals surface area contributed by atoms with Gasteiger partial charge < -0.3 is 0 Å². The molecule has 1 unspecified atom stereocenters. The molecule has 0 heterocycles. The Kier molecular flexibility index (Phi) is 3.16. The zero-order valence-electron chi connectivity index (χ0n) is 4.83. The topological polar surface area (TPSA) is 60.2 Å². The molecule has 5 heteroatoms. The molecular weight excluding hydrogens is 146 g/mol. The third-order valence-electron chi connectivity index (χ3n) is 0.816. The van der Waals surface area contributed by atoms with E-state index in [1.165, 1.54) is 6.92 Å². The highest BCUT2D eigenvalue weighted by molar-refractivity contribution is 6.63. The summed E-state index contributed by atoms with van der Waals surface area (Å²) in [5.74, 6) is 0. The van der Waals surface area contributed by atoms with Crippen LogP contribution in [0.2, 0.25) is 0 Å². The summed E-state index contributed by atoms with van der Waals surface area (Å²) in [4.78, 5) is 19.3. The predicted octanol–water partition coefficient (Wildman–Crippen LogP) is 0.807. The molecule has 0 saturated heterocycles. The zero-order valence-corrected chi connectivity index (χ0v) is 5.59. The van der Waals surface area contributed by atoms with Crippen LogP contribution in [-0.4, -0.2) is 16.2 Å². The van der Waals surface area contributed by atoms with Crippen molar-refractivity contribution in [2.75, 3.05) is 0 Å². The number of carbonyl (C=O) groups excluding carboxylic acids is 1. The molecule has 0 aromatic rings. The molecule has 9 heavy (non-hydrogen) atoms. The summed E-state index contributed by atoms with van der Waals surface area (Å²) in [5.41, 5.74) is 0. The Morgan fingerprint density at radius 3 is 2.44 bits per heavy atom. The number of hydrogen-bond donors (Lipinski definition) is 0. The maximum absolute atomic E-state index is 10.0. The van der Waals surface area contributed by atoms with Crippen molar-refractivity contribution in [3.63, 3.8) is 0 Å². The summed E-state index contributed by atoms with van der Waals surface area (Å²) in [6, 6.07) is -0.866. The van der Waals surface area contributed by atoms with Crippen molar-refractivity contribution in [3.8, 4) is 0 Å². The van der Waals surface area contributed by atoms with E-state index in [-0.39, 0.29) is 6.42 Å². The number of nitrogens with zero attached hydrogens (tertiary/aromatic N) is 1. The minimum Gasteiger partial charge on any atom is -0.281 e. The minimum absolute atomic E-state index is 0.200. The molecule has 0 amide bonds. The van der Waals surface area contributed by atoms with Gasteiger partial charge in [0.1, 0.15) is 0 Å². The first-order valence-electron chi connectivity index (χ1n) is 2.36. The molecule has 0 aliphatic heterocycles. The highest BCUT2D eigenvalue weighted by atomic mass is 35.5. The first-order valence-corrected chi connectivity index (χ1v) is 2.73. The maximum Gasteiger partial charge on any atom is 0.228 e. The Labute approximate surface area is 57.0 Å². The second-order valence-corrected chi connectivity index (χ2v) is 2.12. The summed E-state index contributed by atoms with van der Waals surface area (Å²) < 4.78 is 0. The van der Waals surface area contributed by atoms with Crippen molar-refractivity contribution in [2.24, 2.45) is 0 Å². The summed E-state index contributed by atoms with van der Waals surface area (Å²) in [5, 5.41) is 9.16. The second-order valence-electron chi connectivity index (χ2n) is 1.69. The molecule has 0 aliphatic rings. The van der Waals surface area contributed by atoms with Crippen LogP contribution in [0.15, 0.2) is 0 Å². The van der Waals surface area contributed by atoms with Crippen LogP contribution in [0.3, 0.4) is 0 Å². The van der Waals surface area contributed by atoms with Crippen LogP contribution in [0.25, 0.3) is 0 Å². The quantitative estimate of drug-likeness (QED) is 0.341. The molecule has 1 atom stereocenters. The average Bonchev–Trinajstić information content (AvgIpc) is 1.63. The monoisotopic (exact) mass is 151 g/mol. The molecule has 0 aliphatic carbocycles. The number of halogens is 1. The fourth-order valence-electron chi connectivity index (χ4n) is 0.307. The van der Waals surface area contributed by atoms with E-state index in [0.717, 1.165) is 0 Å². The Balaban J connectivity index is 3.63. The van der Waals surface area contributed by atoms with Gasteiger partial charge >= 0.3 is 0 Å². The van der Waals surface area contributed by atoms with Crippen molar-refractivity contribution in [2.45, 2.75) is 19.4 Å². The first kappa shape index (κ1) is 8.36. The van der Waals surface area contributed by atoms with Gasteiger partial charge in [-0.3, -0.25) is 14.9 Å². The van der Waals surface area contributed by atoms with E-state index in [9.17, 15) is 14.9 Å². The van der Waals surface area contributed by atoms with Gasteiger partial charge in [0.2, 0.25) is 11.3 Å². The Morgan fingerprint density at radius 1 is 1.89 bits per heavy atom. The standard InChI is InChI=1S/C4H6ClNO3/c1-3(6(8)9)2-4(5)7/h3H,2H2,1H3. The molecule has 0 aromatic heterocycles. The Hall–Kier alpha value is -0.640. The van der Waals surface area contributed by atoms with E-state index in [1.54, 1.807) is 0 Å². The number of rotatable bonds is 3. The van der Waals surface area contributed by atoms with E-state index in [2.05, 4.69) is 0 Å². The second kappa shape index (κ2) is 3.40. The molecule has 0 saturated carbocycles. The fraction of sp³-hybridized carbons (Fsp3) is 0.750. The van der Waals surface area contributed by atoms with Gasteiger partial charge in [0.05, 0.1) is 6.42 Å². The van der Waals surface area contributed by atoms with Crippen molar-refractivity contribution in [1.82, 2.24) is 0 Å². The van der Waals surface area contributed by atoms with Gasteiger partial charge in [-0.25, -0.2) is 0 Å². The summed E-state index contributed by atoms with van der Waals surface area (Å²) in [7, 11) is 0. The lowest BCUT2D eigenvalue weighted by molar-refractivity contribution is -0.516. The van der Waals surface area contributed by atoms with Crippen molar-refractivity contribution in [1.29, 1.82) is 0 Å². The Bertz CT molecular complexity index is 136. The smallest absolute Gasteiger partial charge is 0.228 e. The number of nitro groups is 1. The molecule has 0 rings (SSSR count). The molecule has 0 fully saturated rings. The summed E-state index contributed by atoms with van der Waals surface area (Å²) in [6.45, 7) is 1.33. The molecule has 0 bridgehead atoms. The van der Waals surface area contributed by atoms with Crippen LogP contribution in [0.1, 0.15) is 13.3 Å². The van der Waals surface area contributed by atoms with Crippen LogP contribution >= 0.6 is 11.6 Å². The molecule has 0 spiro atoms. The van der Waals surface area contributed by atoms with Gasteiger partial charge in [-0.15, -0.1) is 0 Å². The van der Waals surface area contributed by atoms with Crippen LogP contribution in [0, 0.1) is 10.1 Å². The van der Waals surface area contributed by atoms with Crippen molar-refractivity contribution >= 4 is 16.8 Å². The molecule has 0 aromatic carbocycles. The van der Waals surface area contributed by atoms with Crippen LogP contribution in [0.5, 0.6) is 0 Å². The van der Waals surface area contributed by atoms with E-state index in [0.29, 0.717) is 0 Å². The Morgan fingerprint density at radius 2 is 2.33 bits per heavy atom.